The predicted octanol–water partition coefficient (Wildman–Crippen LogP) is 3.24. The van der Waals surface area contributed by atoms with E-state index in [1.54, 1.807) is 6.92 Å². The van der Waals surface area contributed by atoms with Gasteiger partial charge in [-0.05, 0) is 50.5 Å². The topological polar surface area (TPSA) is 59.6 Å². The second-order valence-corrected chi connectivity index (χ2v) is 4.81. The van der Waals surface area contributed by atoms with Gasteiger partial charge in [-0.1, -0.05) is 0 Å². The molecule has 1 unspecified atom stereocenters. The Morgan fingerprint density at radius 2 is 2.00 bits per heavy atom. The maximum Gasteiger partial charge on any atom is 0.411 e. The molecule has 0 spiro atoms. The van der Waals surface area contributed by atoms with E-state index in [9.17, 15) is 4.79 Å². The molecule has 0 bridgehead atoms. The van der Waals surface area contributed by atoms with Crippen LogP contribution in [0.15, 0.2) is 24.3 Å². The number of benzene rings is 1. The number of hydrogen-bond donors (Lipinski definition) is 2. The summed E-state index contributed by atoms with van der Waals surface area (Å²) in [5, 5.41) is 6.18. The summed E-state index contributed by atoms with van der Waals surface area (Å²) in [7, 11) is 0. The van der Waals surface area contributed by atoms with Crippen LogP contribution in [0.2, 0.25) is 0 Å². The van der Waals surface area contributed by atoms with E-state index in [1.807, 2.05) is 24.3 Å². The molecule has 1 aromatic rings. The van der Waals surface area contributed by atoms with Crippen LogP contribution in [0.1, 0.15) is 26.2 Å². The van der Waals surface area contributed by atoms with Gasteiger partial charge in [0.2, 0.25) is 0 Å². The van der Waals surface area contributed by atoms with E-state index in [4.69, 9.17) is 9.47 Å². The molecule has 1 heterocycles. The Morgan fingerprint density at radius 3 is 2.75 bits per heavy atom. The maximum atomic E-state index is 11.3. The van der Waals surface area contributed by atoms with Crippen LogP contribution in [-0.2, 0) is 9.47 Å². The molecule has 0 saturated carbocycles. The highest BCUT2D eigenvalue weighted by atomic mass is 16.5. The van der Waals surface area contributed by atoms with Crippen molar-refractivity contribution in [3.8, 4) is 0 Å². The molecule has 0 aromatic heterocycles. The third-order valence-electron chi connectivity index (χ3n) is 3.23. The van der Waals surface area contributed by atoms with Gasteiger partial charge in [-0.15, -0.1) is 0 Å². The lowest BCUT2D eigenvalue weighted by Gasteiger charge is -2.17. The van der Waals surface area contributed by atoms with Gasteiger partial charge in [-0.3, -0.25) is 5.32 Å². The molecule has 1 aliphatic rings. The summed E-state index contributed by atoms with van der Waals surface area (Å²) in [4.78, 5) is 11.3. The molecular formula is C15H22N2O3. The van der Waals surface area contributed by atoms with Gasteiger partial charge in [-0.25, -0.2) is 4.79 Å². The molecule has 1 atom stereocenters. The molecule has 0 radical (unpaired) electrons. The SMILES string of the molecule is CCOC(=O)Nc1ccc(NC2CCCOCC2)cc1. The Bertz CT molecular complexity index is 412. The Hall–Kier alpha value is -1.75. The minimum Gasteiger partial charge on any atom is -0.450 e. The highest BCUT2D eigenvalue weighted by Crippen LogP contribution is 2.18. The van der Waals surface area contributed by atoms with Gasteiger partial charge in [0, 0.05) is 30.6 Å². The van der Waals surface area contributed by atoms with Crippen LogP contribution in [-0.4, -0.2) is 32.0 Å². The van der Waals surface area contributed by atoms with Gasteiger partial charge in [-0.2, -0.15) is 0 Å². The van der Waals surface area contributed by atoms with E-state index < -0.39 is 6.09 Å². The molecule has 1 aromatic carbocycles. The Morgan fingerprint density at radius 1 is 1.25 bits per heavy atom. The number of rotatable bonds is 4. The number of anilines is 2. The van der Waals surface area contributed by atoms with E-state index >= 15 is 0 Å². The average molecular weight is 278 g/mol. The zero-order valence-electron chi connectivity index (χ0n) is 11.9. The van der Waals surface area contributed by atoms with E-state index in [2.05, 4.69) is 10.6 Å². The highest BCUT2D eigenvalue weighted by Gasteiger charge is 2.12. The minimum absolute atomic E-state index is 0.370. The van der Waals surface area contributed by atoms with Crippen molar-refractivity contribution >= 4 is 17.5 Å². The summed E-state index contributed by atoms with van der Waals surface area (Å²) in [6, 6.07) is 8.13. The van der Waals surface area contributed by atoms with Crippen LogP contribution in [0, 0.1) is 0 Å². The first kappa shape index (κ1) is 14.7. The number of amides is 1. The van der Waals surface area contributed by atoms with E-state index in [0.717, 1.165) is 43.9 Å². The summed E-state index contributed by atoms with van der Waals surface area (Å²) in [5.41, 5.74) is 1.80. The molecule has 1 amide bonds. The van der Waals surface area contributed by atoms with Gasteiger partial charge < -0.3 is 14.8 Å². The summed E-state index contributed by atoms with van der Waals surface area (Å²) in [6.07, 6.45) is 2.83. The van der Waals surface area contributed by atoms with Gasteiger partial charge in [0.05, 0.1) is 6.61 Å². The monoisotopic (exact) mass is 278 g/mol. The van der Waals surface area contributed by atoms with Crippen molar-refractivity contribution in [2.75, 3.05) is 30.5 Å². The molecule has 0 aliphatic carbocycles. The number of nitrogens with one attached hydrogen (secondary N) is 2. The van der Waals surface area contributed by atoms with Crippen LogP contribution < -0.4 is 10.6 Å². The molecule has 1 fully saturated rings. The molecule has 2 N–H and O–H groups in total. The van der Waals surface area contributed by atoms with Gasteiger partial charge >= 0.3 is 6.09 Å². The fraction of sp³-hybridized carbons (Fsp3) is 0.533. The molecule has 1 saturated heterocycles. The van der Waals surface area contributed by atoms with Crippen LogP contribution in [0.3, 0.4) is 0 Å². The van der Waals surface area contributed by atoms with Gasteiger partial charge in [0.15, 0.2) is 0 Å². The van der Waals surface area contributed by atoms with Crippen LogP contribution in [0.4, 0.5) is 16.2 Å². The lowest BCUT2D eigenvalue weighted by molar-refractivity contribution is 0.144. The predicted molar refractivity (Wildman–Crippen MR) is 79.2 cm³/mol. The third kappa shape index (κ3) is 4.74. The van der Waals surface area contributed by atoms with Crippen molar-refractivity contribution in [2.24, 2.45) is 0 Å². The standard InChI is InChI=1S/C15H22N2O3/c1-2-20-15(18)17-14-7-5-13(6-8-14)16-12-4-3-10-19-11-9-12/h5-8,12,16H,2-4,9-11H2,1H3,(H,17,18). The first-order chi connectivity index (χ1) is 9.78. The largest absolute Gasteiger partial charge is 0.450 e. The molecular weight excluding hydrogens is 256 g/mol. The molecule has 20 heavy (non-hydrogen) atoms. The second-order valence-electron chi connectivity index (χ2n) is 4.81. The van der Waals surface area contributed by atoms with E-state index in [0.29, 0.717) is 12.6 Å². The van der Waals surface area contributed by atoms with Crippen molar-refractivity contribution in [1.29, 1.82) is 0 Å². The normalized spacial score (nSPS) is 18.9. The second kappa shape index (κ2) is 7.75. The first-order valence-electron chi connectivity index (χ1n) is 7.16. The van der Waals surface area contributed by atoms with E-state index in [1.165, 1.54) is 0 Å². The average Bonchev–Trinajstić information content (AvgIpc) is 2.70. The molecule has 5 nitrogen and oxygen atoms in total. The number of carbonyl (C=O) groups is 1. The minimum atomic E-state index is -0.422. The van der Waals surface area contributed by atoms with E-state index in [-0.39, 0.29) is 0 Å². The number of hydrogen-bond acceptors (Lipinski definition) is 4. The Kier molecular flexibility index (Phi) is 5.68. The zero-order chi connectivity index (χ0) is 14.2. The molecule has 110 valence electrons. The summed E-state index contributed by atoms with van der Waals surface area (Å²) in [6.45, 7) is 3.83. The van der Waals surface area contributed by atoms with Crippen LogP contribution in [0.5, 0.6) is 0 Å². The van der Waals surface area contributed by atoms with Crippen molar-refractivity contribution in [1.82, 2.24) is 0 Å². The Labute approximate surface area is 119 Å². The fourth-order valence-electron chi connectivity index (χ4n) is 2.22. The fourth-order valence-corrected chi connectivity index (χ4v) is 2.22. The molecule has 2 rings (SSSR count). The van der Waals surface area contributed by atoms with Crippen molar-refractivity contribution < 1.29 is 14.3 Å². The van der Waals surface area contributed by atoms with Gasteiger partial charge in [0.1, 0.15) is 0 Å². The van der Waals surface area contributed by atoms with Crippen LogP contribution in [0.25, 0.3) is 0 Å². The summed E-state index contributed by atoms with van der Waals surface area (Å²) in [5.74, 6) is 0. The summed E-state index contributed by atoms with van der Waals surface area (Å²) < 4.78 is 10.3. The first-order valence-corrected chi connectivity index (χ1v) is 7.16. The molecule has 1 aliphatic heterocycles. The zero-order valence-corrected chi connectivity index (χ0v) is 11.9. The lowest BCUT2D eigenvalue weighted by Crippen LogP contribution is -2.19. The third-order valence-corrected chi connectivity index (χ3v) is 3.23. The van der Waals surface area contributed by atoms with Crippen molar-refractivity contribution in [3.63, 3.8) is 0 Å². The lowest BCUT2D eigenvalue weighted by atomic mass is 10.1. The summed E-state index contributed by atoms with van der Waals surface area (Å²) >= 11 is 0. The highest BCUT2D eigenvalue weighted by molar-refractivity contribution is 5.84. The quantitative estimate of drug-likeness (QED) is 0.887. The molecule has 5 heteroatoms. The number of ether oxygens (including phenoxy) is 2. The van der Waals surface area contributed by atoms with Gasteiger partial charge in [0.25, 0.3) is 0 Å². The van der Waals surface area contributed by atoms with Crippen molar-refractivity contribution in [3.05, 3.63) is 24.3 Å². The Balaban J connectivity index is 1.85. The van der Waals surface area contributed by atoms with Crippen molar-refractivity contribution in [2.45, 2.75) is 32.2 Å². The van der Waals surface area contributed by atoms with Crippen LogP contribution >= 0.6 is 0 Å². The smallest absolute Gasteiger partial charge is 0.411 e. The number of carbonyl (C=O) groups excluding carboxylic acids is 1. The maximum absolute atomic E-state index is 11.3.